The van der Waals surface area contributed by atoms with Crippen molar-refractivity contribution in [1.29, 1.82) is 0 Å². The van der Waals surface area contributed by atoms with Crippen LogP contribution in [0.3, 0.4) is 0 Å². The highest BCUT2D eigenvalue weighted by Gasteiger charge is 2.61. The molecule has 0 unspecified atom stereocenters. The second-order valence-electron chi connectivity index (χ2n) is 4.42. The number of rotatable bonds is 3. The number of alkyl halides is 5. The number of aryl methyl sites for hydroxylation is 1. The maximum atomic E-state index is 13.1. The van der Waals surface area contributed by atoms with Crippen LogP contribution in [0.25, 0.3) is 0 Å². The Morgan fingerprint density at radius 1 is 1.26 bits per heavy atom. The Morgan fingerprint density at radius 3 is 2.52 bits per heavy atom. The number of hydrogen-bond donors (Lipinski definition) is 2. The van der Waals surface area contributed by atoms with E-state index in [1.165, 1.54) is 25.1 Å². The van der Waals surface area contributed by atoms with Gasteiger partial charge in [-0.1, -0.05) is 12.1 Å². The Balaban J connectivity index is 2.23. The predicted octanol–water partition coefficient (Wildman–Crippen LogP) is 3.46. The molecule has 2 rings (SSSR count). The highest BCUT2D eigenvalue weighted by atomic mass is 32.1. The lowest BCUT2D eigenvalue weighted by Crippen LogP contribution is -2.34. The highest BCUT2D eigenvalue weighted by molar-refractivity contribution is 7.09. The van der Waals surface area contributed by atoms with Crippen molar-refractivity contribution >= 4 is 22.6 Å². The summed E-state index contributed by atoms with van der Waals surface area (Å²) in [5.41, 5.74) is 0.212. The number of benzene rings is 1. The summed E-state index contributed by atoms with van der Waals surface area (Å²) in [5, 5.41) is 11.2. The molecule has 124 valence electrons. The minimum Gasteiger partial charge on any atom is -0.507 e. The van der Waals surface area contributed by atoms with E-state index in [0.717, 1.165) is 0 Å². The molecule has 2 aromatic rings. The molecule has 2 N–H and O–H groups in total. The summed E-state index contributed by atoms with van der Waals surface area (Å²) in [7, 11) is 0. The Morgan fingerprint density at radius 2 is 1.91 bits per heavy atom. The molecule has 0 aliphatic heterocycles. The molecule has 23 heavy (non-hydrogen) atoms. The fourth-order valence-electron chi connectivity index (χ4n) is 1.54. The molecule has 5 nitrogen and oxygen atoms in total. The molecule has 0 fully saturated rings. The van der Waals surface area contributed by atoms with Crippen LogP contribution in [0.1, 0.15) is 21.7 Å². The average Bonchev–Trinajstić information content (AvgIpc) is 2.89. The molecule has 0 bridgehead atoms. The van der Waals surface area contributed by atoms with Gasteiger partial charge in [-0.25, -0.2) is 0 Å². The molecule has 11 heteroatoms. The zero-order valence-electron chi connectivity index (χ0n) is 11.3. The number of phenolic OH excluding ortho intramolecular Hbond substituents is 1. The fourth-order valence-corrected chi connectivity index (χ4v) is 2.13. The lowest BCUT2D eigenvalue weighted by atomic mass is 10.1. The molecule has 1 amide bonds. The molecular weight excluding hydrogens is 345 g/mol. The summed E-state index contributed by atoms with van der Waals surface area (Å²) in [4.78, 5) is 14.9. The van der Waals surface area contributed by atoms with Crippen molar-refractivity contribution in [2.75, 3.05) is 5.32 Å². The van der Waals surface area contributed by atoms with Gasteiger partial charge in [0.1, 0.15) is 5.75 Å². The van der Waals surface area contributed by atoms with Crippen molar-refractivity contribution in [1.82, 2.24) is 9.36 Å². The summed E-state index contributed by atoms with van der Waals surface area (Å²) >= 11 is 0.171. The van der Waals surface area contributed by atoms with Crippen molar-refractivity contribution in [2.24, 2.45) is 0 Å². The summed E-state index contributed by atoms with van der Waals surface area (Å²) in [6.45, 7) is 1.53. The first-order valence-corrected chi connectivity index (χ1v) is 6.70. The number of halogens is 5. The lowest BCUT2D eigenvalue weighted by Gasteiger charge is -2.15. The Labute approximate surface area is 130 Å². The predicted molar refractivity (Wildman–Crippen MR) is 70.7 cm³/mol. The third-order valence-electron chi connectivity index (χ3n) is 2.77. The fraction of sp³-hybridized carbons (Fsp3) is 0.250. The minimum atomic E-state index is -5.84. The van der Waals surface area contributed by atoms with Gasteiger partial charge in [0.2, 0.25) is 11.0 Å². The van der Waals surface area contributed by atoms with Gasteiger partial charge >= 0.3 is 12.1 Å². The summed E-state index contributed by atoms with van der Waals surface area (Å²) in [6, 6.07) is 4.25. The second-order valence-corrected chi connectivity index (χ2v) is 5.17. The number of aromatic hydroxyl groups is 1. The van der Waals surface area contributed by atoms with E-state index in [4.69, 9.17) is 0 Å². The lowest BCUT2D eigenvalue weighted by molar-refractivity contribution is -0.292. The Hall–Kier alpha value is -2.30. The molecule has 1 aromatic carbocycles. The largest absolute Gasteiger partial charge is 0.507 e. The molecule has 0 saturated heterocycles. The molecule has 1 heterocycles. The summed E-state index contributed by atoms with van der Waals surface area (Å²) in [5.74, 6) is -8.23. The number of nitrogens with zero attached hydrogens (tertiary/aromatic N) is 2. The highest BCUT2D eigenvalue weighted by Crippen LogP contribution is 2.43. The molecular formula is C12H8F5N3O2S. The van der Waals surface area contributed by atoms with Crippen LogP contribution in [0, 0.1) is 6.92 Å². The molecule has 0 spiro atoms. The van der Waals surface area contributed by atoms with E-state index in [0.29, 0.717) is 5.56 Å². The van der Waals surface area contributed by atoms with E-state index < -0.39 is 29.0 Å². The Kier molecular flexibility index (Phi) is 4.24. The van der Waals surface area contributed by atoms with Crippen LogP contribution in [0.15, 0.2) is 18.2 Å². The van der Waals surface area contributed by atoms with Gasteiger partial charge in [0.15, 0.2) is 0 Å². The molecule has 0 atom stereocenters. The third kappa shape index (κ3) is 3.23. The van der Waals surface area contributed by atoms with Crippen LogP contribution in [-0.4, -0.2) is 26.5 Å². The molecule has 1 aromatic heterocycles. The zero-order valence-corrected chi connectivity index (χ0v) is 12.1. The Bertz CT molecular complexity index is 745. The van der Waals surface area contributed by atoms with Gasteiger partial charge in [-0.3, -0.25) is 10.1 Å². The normalized spacial score (nSPS) is 12.3. The molecule has 0 radical (unpaired) electrons. The van der Waals surface area contributed by atoms with Gasteiger partial charge in [-0.2, -0.15) is 31.3 Å². The number of carbonyl (C=O) groups is 1. The number of nitrogens with one attached hydrogen (secondary N) is 1. The number of hydrogen-bond acceptors (Lipinski definition) is 5. The van der Waals surface area contributed by atoms with Crippen molar-refractivity contribution in [2.45, 2.75) is 19.0 Å². The molecule has 0 aliphatic rings. The summed E-state index contributed by atoms with van der Waals surface area (Å²) < 4.78 is 65.7. The topological polar surface area (TPSA) is 75.1 Å². The first kappa shape index (κ1) is 17.1. The monoisotopic (exact) mass is 353 g/mol. The van der Waals surface area contributed by atoms with E-state index in [2.05, 4.69) is 9.36 Å². The standard InChI is InChI=1S/C12H8F5N3O2S/c1-5-3-2-4-6(7(5)21)8(22)18-10-19-9(20-23-10)11(13,14)12(15,16)17/h2-4,21H,1H3,(H,18,19,20,22). The number of para-hydroxylation sites is 1. The van der Waals surface area contributed by atoms with E-state index in [9.17, 15) is 31.9 Å². The van der Waals surface area contributed by atoms with Gasteiger partial charge in [0, 0.05) is 11.5 Å². The molecule has 0 aliphatic carbocycles. The maximum absolute atomic E-state index is 13.1. The maximum Gasteiger partial charge on any atom is 0.461 e. The van der Waals surface area contributed by atoms with Gasteiger partial charge in [-0.05, 0) is 18.6 Å². The zero-order chi connectivity index (χ0) is 17.4. The average molecular weight is 353 g/mol. The van der Waals surface area contributed by atoms with Gasteiger partial charge in [0.25, 0.3) is 5.91 Å². The quantitative estimate of drug-likeness (QED) is 0.829. The van der Waals surface area contributed by atoms with Crippen LogP contribution in [-0.2, 0) is 5.92 Å². The first-order valence-electron chi connectivity index (χ1n) is 5.92. The van der Waals surface area contributed by atoms with E-state index in [-0.39, 0.29) is 22.8 Å². The van der Waals surface area contributed by atoms with Gasteiger partial charge in [-0.15, -0.1) is 0 Å². The van der Waals surface area contributed by atoms with Crippen molar-refractivity contribution < 1.29 is 31.9 Å². The smallest absolute Gasteiger partial charge is 0.461 e. The van der Waals surface area contributed by atoms with Crippen LogP contribution in [0.2, 0.25) is 0 Å². The number of carbonyl (C=O) groups excluding carboxylic acids is 1. The van der Waals surface area contributed by atoms with Crippen LogP contribution in [0.5, 0.6) is 5.75 Å². The van der Waals surface area contributed by atoms with Gasteiger partial charge < -0.3 is 5.11 Å². The number of amides is 1. The van der Waals surface area contributed by atoms with Crippen LogP contribution < -0.4 is 5.32 Å². The van der Waals surface area contributed by atoms with E-state index in [1.807, 2.05) is 5.32 Å². The number of aromatic nitrogens is 2. The third-order valence-corrected chi connectivity index (χ3v) is 3.40. The minimum absolute atomic E-state index is 0.171. The second kappa shape index (κ2) is 5.72. The van der Waals surface area contributed by atoms with Crippen molar-refractivity contribution in [3.8, 4) is 5.75 Å². The van der Waals surface area contributed by atoms with E-state index >= 15 is 0 Å². The van der Waals surface area contributed by atoms with Crippen molar-refractivity contribution in [3.63, 3.8) is 0 Å². The summed E-state index contributed by atoms with van der Waals surface area (Å²) in [6.07, 6.45) is -5.84. The number of anilines is 1. The SMILES string of the molecule is Cc1cccc(C(=O)Nc2nc(C(F)(F)C(F)(F)F)ns2)c1O. The van der Waals surface area contributed by atoms with Crippen LogP contribution >= 0.6 is 11.5 Å². The van der Waals surface area contributed by atoms with E-state index in [1.54, 1.807) is 0 Å². The van der Waals surface area contributed by atoms with Crippen molar-refractivity contribution in [3.05, 3.63) is 35.2 Å². The van der Waals surface area contributed by atoms with Crippen LogP contribution in [0.4, 0.5) is 27.1 Å². The first-order chi connectivity index (χ1) is 10.5. The van der Waals surface area contributed by atoms with Gasteiger partial charge in [0.05, 0.1) is 5.56 Å². The molecule has 0 saturated carbocycles. The number of phenols is 1.